The normalized spacial score (nSPS) is 12.2. The molecule has 0 aromatic heterocycles. The van der Waals surface area contributed by atoms with E-state index in [-0.39, 0.29) is 11.9 Å². The van der Waals surface area contributed by atoms with E-state index in [2.05, 4.69) is 5.32 Å². The van der Waals surface area contributed by atoms with Gasteiger partial charge in [-0.2, -0.15) is 0 Å². The number of halogens is 2. The van der Waals surface area contributed by atoms with Gasteiger partial charge in [-0.25, -0.2) is 4.39 Å². The first-order chi connectivity index (χ1) is 9.67. The first kappa shape index (κ1) is 14.8. The van der Waals surface area contributed by atoms with Crippen molar-refractivity contribution in [1.82, 2.24) is 5.32 Å². The van der Waals surface area contributed by atoms with Gasteiger partial charge in [0.05, 0.1) is 13.2 Å². The maximum Gasteiger partial charge on any atom is 0.129 e. The highest BCUT2D eigenvalue weighted by molar-refractivity contribution is 6.31. The minimum atomic E-state index is -0.306. The molecule has 0 amide bonds. The standard InChI is InChI=1S/C16H17ClFNO/c1-3-19-16(11-7-9-12(20-2)10-8-11)15-13(17)5-4-6-14(15)18/h4-10,16,19H,3H2,1-2H3. The summed E-state index contributed by atoms with van der Waals surface area (Å²) in [6, 6.07) is 12.0. The van der Waals surface area contributed by atoms with Crippen molar-refractivity contribution in [3.8, 4) is 5.75 Å². The Morgan fingerprint density at radius 2 is 1.90 bits per heavy atom. The molecule has 0 heterocycles. The molecule has 0 aliphatic heterocycles. The zero-order valence-electron chi connectivity index (χ0n) is 11.5. The predicted octanol–water partition coefficient (Wildman–Crippen LogP) is 4.19. The lowest BCUT2D eigenvalue weighted by atomic mass is 9.98. The third-order valence-electron chi connectivity index (χ3n) is 3.15. The second-order valence-electron chi connectivity index (χ2n) is 4.40. The van der Waals surface area contributed by atoms with Crippen molar-refractivity contribution < 1.29 is 9.13 Å². The molecule has 0 spiro atoms. The van der Waals surface area contributed by atoms with Gasteiger partial charge in [-0.1, -0.05) is 36.7 Å². The molecule has 0 aliphatic rings. The van der Waals surface area contributed by atoms with Crippen molar-refractivity contribution in [2.75, 3.05) is 13.7 Å². The fourth-order valence-electron chi connectivity index (χ4n) is 2.17. The van der Waals surface area contributed by atoms with E-state index >= 15 is 0 Å². The maximum atomic E-state index is 14.1. The van der Waals surface area contributed by atoms with Crippen LogP contribution in [0.5, 0.6) is 5.75 Å². The summed E-state index contributed by atoms with van der Waals surface area (Å²) in [6.07, 6.45) is 0. The molecule has 2 aromatic carbocycles. The van der Waals surface area contributed by atoms with Crippen LogP contribution in [0.4, 0.5) is 4.39 Å². The number of methoxy groups -OCH3 is 1. The summed E-state index contributed by atoms with van der Waals surface area (Å²) in [5.41, 5.74) is 1.42. The molecule has 1 unspecified atom stereocenters. The number of ether oxygens (including phenoxy) is 1. The molecule has 0 saturated heterocycles. The number of hydrogen-bond donors (Lipinski definition) is 1. The van der Waals surface area contributed by atoms with Gasteiger partial charge in [0.15, 0.2) is 0 Å². The van der Waals surface area contributed by atoms with Crippen molar-refractivity contribution in [3.05, 3.63) is 64.4 Å². The van der Waals surface area contributed by atoms with Crippen LogP contribution in [0.25, 0.3) is 0 Å². The quantitative estimate of drug-likeness (QED) is 0.892. The van der Waals surface area contributed by atoms with Gasteiger partial charge in [0.25, 0.3) is 0 Å². The van der Waals surface area contributed by atoms with Gasteiger partial charge >= 0.3 is 0 Å². The fourth-order valence-corrected chi connectivity index (χ4v) is 2.45. The third-order valence-corrected chi connectivity index (χ3v) is 3.48. The number of rotatable bonds is 5. The lowest BCUT2D eigenvalue weighted by Gasteiger charge is -2.21. The Hall–Kier alpha value is -1.58. The molecule has 4 heteroatoms. The van der Waals surface area contributed by atoms with Crippen LogP contribution >= 0.6 is 11.6 Å². The van der Waals surface area contributed by atoms with Gasteiger partial charge in [0, 0.05) is 10.6 Å². The zero-order chi connectivity index (χ0) is 14.5. The average Bonchev–Trinajstić information content (AvgIpc) is 2.46. The Morgan fingerprint density at radius 3 is 2.45 bits per heavy atom. The van der Waals surface area contributed by atoms with Crippen LogP contribution in [0.1, 0.15) is 24.1 Å². The molecular weight excluding hydrogens is 277 g/mol. The monoisotopic (exact) mass is 293 g/mol. The van der Waals surface area contributed by atoms with Crippen molar-refractivity contribution in [2.45, 2.75) is 13.0 Å². The van der Waals surface area contributed by atoms with E-state index in [4.69, 9.17) is 16.3 Å². The summed E-state index contributed by atoms with van der Waals surface area (Å²) in [4.78, 5) is 0. The highest BCUT2D eigenvalue weighted by Gasteiger charge is 2.20. The van der Waals surface area contributed by atoms with Gasteiger partial charge < -0.3 is 10.1 Å². The van der Waals surface area contributed by atoms with E-state index in [1.54, 1.807) is 19.2 Å². The SMILES string of the molecule is CCNC(c1ccc(OC)cc1)c1c(F)cccc1Cl. The number of hydrogen-bond acceptors (Lipinski definition) is 2. The van der Waals surface area contributed by atoms with Crippen LogP contribution in [-0.4, -0.2) is 13.7 Å². The lowest BCUT2D eigenvalue weighted by molar-refractivity contribution is 0.414. The smallest absolute Gasteiger partial charge is 0.129 e. The van der Waals surface area contributed by atoms with Gasteiger partial charge in [0.2, 0.25) is 0 Å². The summed E-state index contributed by atoms with van der Waals surface area (Å²) < 4.78 is 19.2. The summed E-state index contributed by atoms with van der Waals surface area (Å²) in [5.74, 6) is 0.461. The summed E-state index contributed by atoms with van der Waals surface area (Å²) >= 11 is 6.16. The Morgan fingerprint density at radius 1 is 1.20 bits per heavy atom. The van der Waals surface area contributed by atoms with E-state index in [9.17, 15) is 4.39 Å². The minimum Gasteiger partial charge on any atom is -0.497 e. The van der Waals surface area contributed by atoms with E-state index in [0.717, 1.165) is 11.3 Å². The largest absolute Gasteiger partial charge is 0.497 e. The molecule has 1 atom stereocenters. The molecular formula is C16H17ClFNO. The van der Waals surface area contributed by atoms with Crippen LogP contribution in [0.2, 0.25) is 5.02 Å². The highest BCUT2D eigenvalue weighted by Crippen LogP contribution is 2.31. The molecule has 0 aliphatic carbocycles. The van der Waals surface area contributed by atoms with Crippen molar-refractivity contribution in [3.63, 3.8) is 0 Å². The Balaban J connectivity index is 2.44. The van der Waals surface area contributed by atoms with E-state index < -0.39 is 0 Å². The van der Waals surface area contributed by atoms with Crippen LogP contribution in [-0.2, 0) is 0 Å². The van der Waals surface area contributed by atoms with Crippen LogP contribution in [0, 0.1) is 5.82 Å². The first-order valence-corrected chi connectivity index (χ1v) is 6.86. The van der Waals surface area contributed by atoms with Crippen LogP contribution in [0.15, 0.2) is 42.5 Å². The molecule has 0 fully saturated rings. The lowest BCUT2D eigenvalue weighted by Crippen LogP contribution is -2.23. The second-order valence-corrected chi connectivity index (χ2v) is 4.81. The summed E-state index contributed by atoms with van der Waals surface area (Å²) in [5, 5.41) is 3.69. The molecule has 0 bridgehead atoms. The maximum absolute atomic E-state index is 14.1. The molecule has 0 radical (unpaired) electrons. The Labute approximate surface area is 123 Å². The second kappa shape index (κ2) is 6.73. The third kappa shape index (κ3) is 3.11. The van der Waals surface area contributed by atoms with Crippen molar-refractivity contribution in [2.24, 2.45) is 0 Å². The van der Waals surface area contributed by atoms with Crippen LogP contribution < -0.4 is 10.1 Å². The van der Waals surface area contributed by atoms with Crippen LogP contribution in [0.3, 0.4) is 0 Å². The van der Waals surface area contributed by atoms with Gasteiger partial charge in [0.1, 0.15) is 11.6 Å². The summed E-state index contributed by atoms with van der Waals surface area (Å²) in [7, 11) is 1.62. The predicted molar refractivity (Wildman–Crippen MR) is 79.9 cm³/mol. The zero-order valence-corrected chi connectivity index (χ0v) is 12.2. The molecule has 2 aromatic rings. The van der Waals surface area contributed by atoms with E-state index in [1.165, 1.54) is 6.07 Å². The molecule has 2 rings (SSSR count). The Bertz CT molecular complexity index is 551. The van der Waals surface area contributed by atoms with Gasteiger partial charge in [-0.3, -0.25) is 0 Å². The Kier molecular flexibility index (Phi) is 4.99. The molecule has 0 saturated carbocycles. The molecule has 20 heavy (non-hydrogen) atoms. The molecule has 106 valence electrons. The number of nitrogens with one attached hydrogen (secondary N) is 1. The summed E-state index contributed by atoms with van der Waals surface area (Å²) in [6.45, 7) is 2.69. The average molecular weight is 294 g/mol. The first-order valence-electron chi connectivity index (χ1n) is 6.48. The van der Waals surface area contributed by atoms with Gasteiger partial charge in [-0.05, 0) is 36.4 Å². The highest BCUT2D eigenvalue weighted by atomic mass is 35.5. The van der Waals surface area contributed by atoms with Crippen molar-refractivity contribution in [1.29, 1.82) is 0 Å². The minimum absolute atomic E-state index is 0.278. The fraction of sp³-hybridized carbons (Fsp3) is 0.250. The number of benzene rings is 2. The molecule has 2 nitrogen and oxygen atoms in total. The topological polar surface area (TPSA) is 21.3 Å². The van der Waals surface area contributed by atoms with E-state index in [1.807, 2.05) is 31.2 Å². The van der Waals surface area contributed by atoms with E-state index in [0.29, 0.717) is 17.1 Å². The molecule has 1 N–H and O–H groups in total. The van der Waals surface area contributed by atoms with Gasteiger partial charge in [-0.15, -0.1) is 0 Å². The van der Waals surface area contributed by atoms with Crippen molar-refractivity contribution >= 4 is 11.6 Å².